The fourth-order valence-corrected chi connectivity index (χ4v) is 7.92. The molecule has 4 nitrogen and oxygen atoms in total. The van der Waals surface area contributed by atoms with Crippen LogP contribution < -0.4 is 10.2 Å². The first-order chi connectivity index (χ1) is 29.4. The molecule has 0 atom stereocenters. The second kappa shape index (κ2) is 37.6. The molecular formula is C56H88N2NiO2. The van der Waals surface area contributed by atoms with Crippen molar-refractivity contribution < 1.29 is 26.7 Å². The van der Waals surface area contributed by atoms with Gasteiger partial charge in [-0.05, 0) is 93.7 Å². The van der Waals surface area contributed by atoms with E-state index in [2.05, 4.69) is 76.2 Å². The first-order valence-electron chi connectivity index (χ1n) is 25.2. The molecule has 0 aliphatic heterocycles. The molecule has 0 bridgehead atoms. The van der Waals surface area contributed by atoms with Crippen molar-refractivity contribution in [2.24, 2.45) is 9.98 Å². The molecule has 0 heterocycles. The predicted octanol–water partition coefficient (Wildman–Crippen LogP) is 16.9. The van der Waals surface area contributed by atoms with Gasteiger partial charge in [-0.1, -0.05) is 223 Å². The van der Waals surface area contributed by atoms with E-state index < -0.39 is 0 Å². The van der Waals surface area contributed by atoms with Crippen molar-refractivity contribution in [1.29, 1.82) is 0 Å². The first kappa shape index (κ1) is 56.1. The normalized spacial score (nSPS) is 11.6. The van der Waals surface area contributed by atoms with Crippen LogP contribution in [0.3, 0.4) is 0 Å². The summed E-state index contributed by atoms with van der Waals surface area (Å²) in [6.45, 7) is 12.8. The predicted molar refractivity (Wildman–Crippen MR) is 261 cm³/mol. The minimum Gasteiger partial charge on any atom is -0.873 e. The van der Waals surface area contributed by atoms with Crippen LogP contribution in [0.25, 0.3) is 0 Å². The Hall–Kier alpha value is -2.91. The fourth-order valence-electron chi connectivity index (χ4n) is 7.92. The minimum atomic E-state index is -0.346. The molecule has 0 saturated carbocycles. The molecule has 0 radical (unpaired) electrons. The third-order valence-corrected chi connectivity index (χ3v) is 11.9. The second-order valence-corrected chi connectivity index (χ2v) is 17.4. The van der Waals surface area contributed by atoms with Crippen LogP contribution in [0.15, 0.2) is 70.6 Å². The molecule has 3 aromatic rings. The third kappa shape index (κ3) is 26.4. The van der Waals surface area contributed by atoms with Gasteiger partial charge in [-0.2, -0.15) is 0 Å². The van der Waals surface area contributed by atoms with E-state index in [1.165, 1.54) is 184 Å². The van der Waals surface area contributed by atoms with Gasteiger partial charge in [-0.3, -0.25) is 9.98 Å². The van der Waals surface area contributed by atoms with Crippen LogP contribution in [-0.4, -0.2) is 11.4 Å². The molecule has 0 unspecified atom stereocenters. The summed E-state index contributed by atoms with van der Waals surface area (Å²) in [5.74, 6) is -0.669. The van der Waals surface area contributed by atoms with Crippen molar-refractivity contribution in [3.63, 3.8) is 0 Å². The summed E-state index contributed by atoms with van der Waals surface area (Å²) in [5.41, 5.74) is 8.54. The van der Waals surface area contributed by atoms with Crippen molar-refractivity contribution >= 4 is 22.8 Å². The topological polar surface area (TPSA) is 70.8 Å². The number of rotatable bonds is 33. The molecule has 3 aromatic carbocycles. The van der Waals surface area contributed by atoms with E-state index in [-0.39, 0.29) is 28.0 Å². The van der Waals surface area contributed by atoms with E-state index in [1.807, 2.05) is 6.92 Å². The smallest absolute Gasteiger partial charge is 0.873 e. The number of aliphatic imine (C=N–C) groups is 2. The van der Waals surface area contributed by atoms with Gasteiger partial charge >= 0.3 is 16.5 Å². The van der Waals surface area contributed by atoms with Crippen LogP contribution in [0, 0.1) is 6.92 Å². The molecule has 0 saturated heterocycles. The number of hydrogen-bond acceptors (Lipinski definition) is 4. The molecule has 61 heavy (non-hydrogen) atoms. The van der Waals surface area contributed by atoms with Crippen molar-refractivity contribution in [3.05, 3.63) is 82.9 Å². The molecule has 0 amide bonds. The van der Waals surface area contributed by atoms with Crippen LogP contribution in [0.2, 0.25) is 0 Å². The van der Waals surface area contributed by atoms with Gasteiger partial charge in [0.15, 0.2) is 0 Å². The molecule has 3 rings (SSSR count). The summed E-state index contributed by atoms with van der Waals surface area (Å²) in [4.78, 5) is 10.4. The Morgan fingerprint density at radius 3 is 1.16 bits per heavy atom. The van der Waals surface area contributed by atoms with E-state index in [0.29, 0.717) is 17.5 Å². The Morgan fingerprint density at radius 2 is 0.770 bits per heavy atom. The number of unbranched alkanes of at least 4 members (excludes halogenated alkanes) is 21. The monoisotopic (exact) mass is 879 g/mol. The van der Waals surface area contributed by atoms with Gasteiger partial charge in [0.25, 0.3) is 0 Å². The Bertz CT molecular complexity index is 1550. The Labute approximate surface area is 386 Å². The first-order valence-corrected chi connectivity index (χ1v) is 25.2. The number of nitrogens with zero attached hydrogens (tertiary/aromatic N) is 2. The van der Waals surface area contributed by atoms with E-state index in [1.54, 1.807) is 19.1 Å². The van der Waals surface area contributed by atoms with Crippen LogP contribution >= 0.6 is 0 Å². The standard InChI is InChI=1S/C46H76N2.C10H14O2.Ni/c1-5-9-12-15-18-20-22-24-27-30-41-33-37-43(38-34-41)47-45(8-4)46(32-29-26-17-14-11-7-3)48-44-39-35-42(36-40-44)31-28-25-23-21-19-16-13-10-6-2;1-3-4-8-6-5-7(2)9(11)10(8)12;/h33-40H,5-32H2,1-4H3;5-6,11-12H,3-4H2,1-2H3;/q;;+2/p-2/b47-45+,48-46+;;. The Balaban J connectivity index is 0.00000122. The summed E-state index contributed by atoms with van der Waals surface area (Å²) in [6, 6.07) is 21.6. The summed E-state index contributed by atoms with van der Waals surface area (Å²) in [6.07, 6.45) is 38.6. The number of benzene rings is 3. The zero-order valence-electron chi connectivity index (χ0n) is 40.0. The van der Waals surface area contributed by atoms with Crippen LogP contribution in [0.1, 0.15) is 230 Å². The molecule has 5 heteroatoms. The summed E-state index contributed by atoms with van der Waals surface area (Å²) in [7, 11) is 0. The summed E-state index contributed by atoms with van der Waals surface area (Å²) < 4.78 is 0. The van der Waals surface area contributed by atoms with Crippen LogP contribution in [0.5, 0.6) is 11.5 Å². The maximum Gasteiger partial charge on any atom is 2.00 e. The minimum absolute atomic E-state index is 0. The van der Waals surface area contributed by atoms with Gasteiger partial charge in [0.05, 0.1) is 22.8 Å². The van der Waals surface area contributed by atoms with Crippen LogP contribution in [0.4, 0.5) is 11.4 Å². The molecule has 0 aliphatic rings. The maximum atomic E-state index is 11.3. The van der Waals surface area contributed by atoms with E-state index in [4.69, 9.17) is 9.98 Å². The molecule has 344 valence electrons. The van der Waals surface area contributed by atoms with Crippen molar-refractivity contribution in [3.8, 4) is 11.5 Å². The molecule has 0 aromatic heterocycles. The van der Waals surface area contributed by atoms with Gasteiger partial charge in [0.1, 0.15) is 0 Å². The Kier molecular flexibility index (Phi) is 34.6. The van der Waals surface area contributed by atoms with Gasteiger partial charge < -0.3 is 10.2 Å². The molecule has 0 fully saturated rings. The zero-order chi connectivity index (χ0) is 43.5. The van der Waals surface area contributed by atoms with Gasteiger partial charge in [-0.25, -0.2) is 0 Å². The number of hydrogen-bond donors (Lipinski definition) is 0. The SMILES string of the molecule is CCCCCCCCCCCc1ccc(/N=C(CC)/C(CCCCCCCC)=N/c2ccc(CCCCCCCCCCC)cc2)cc1.CCCc1ccc(C)c([O-])c1[O-].[Ni+2]. The van der Waals surface area contributed by atoms with Gasteiger partial charge in [-0.15, -0.1) is 11.5 Å². The summed E-state index contributed by atoms with van der Waals surface area (Å²) >= 11 is 0. The maximum absolute atomic E-state index is 11.3. The second-order valence-electron chi connectivity index (χ2n) is 17.4. The van der Waals surface area contributed by atoms with E-state index >= 15 is 0 Å². The van der Waals surface area contributed by atoms with E-state index in [9.17, 15) is 10.2 Å². The summed E-state index contributed by atoms with van der Waals surface area (Å²) in [5, 5.41) is 22.4. The quantitative estimate of drug-likeness (QED) is 0.0347. The van der Waals surface area contributed by atoms with E-state index in [0.717, 1.165) is 36.3 Å². The Morgan fingerprint density at radius 1 is 0.393 bits per heavy atom. The molecule has 0 N–H and O–H groups in total. The van der Waals surface area contributed by atoms with Crippen molar-refractivity contribution in [2.45, 2.75) is 234 Å². The fraction of sp³-hybridized carbons (Fsp3) is 0.643. The number of aryl methyl sites for hydroxylation is 4. The third-order valence-electron chi connectivity index (χ3n) is 11.9. The van der Waals surface area contributed by atoms with Crippen LogP contribution in [-0.2, 0) is 35.8 Å². The largest absolute Gasteiger partial charge is 2.00 e. The van der Waals surface area contributed by atoms with Gasteiger partial charge in [0, 0.05) is 0 Å². The van der Waals surface area contributed by atoms with Crippen molar-refractivity contribution in [1.82, 2.24) is 0 Å². The molecular weight excluding hydrogens is 791 g/mol. The van der Waals surface area contributed by atoms with Gasteiger partial charge in [0.2, 0.25) is 0 Å². The zero-order valence-corrected chi connectivity index (χ0v) is 41.0. The van der Waals surface area contributed by atoms with Crippen molar-refractivity contribution in [2.75, 3.05) is 0 Å². The average molecular weight is 880 g/mol. The molecule has 0 spiro atoms. The molecule has 0 aliphatic carbocycles. The average Bonchev–Trinajstić information content (AvgIpc) is 3.26.